The zero-order valence-electron chi connectivity index (χ0n) is 14.8. The summed E-state index contributed by atoms with van der Waals surface area (Å²) in [6, 6.07) is 13.7. The number of hydrogen-bond acceptors (Lipinski definition) is 4. The summed E-state index contributed by atoms with van der Waals surface area (Å²) < 4.78 is 10.7. The minimum absolute atomic E-state index is 0.287. The van der Waals surface area contributed by atoms with Gasteiger partial charge in [0, 0.05) is 6.54 Å². The fourth-order valence-electron chi connectivity index (χ4n) is 2.20. The van der Waals surface area contributed by atoms with Crippen LogP contribution in [0.1, 0.15) is 17.3 Å². The Kier molecular flexibility index (Phi) is 6.79. The Hall–Kier alpha value is -3.28. The predicted octanol–water partition coefficient (Wildman–Crippen LogP) is 3.02. The van der Waals surface area contributed by atoms with Crippen molar-refractivity contribution in [2.24, 2.45) is 0 Å². The summed E-state index contributed by atoms with van der Waals surface area (Å²) in [6.45, 7) is 5.55. The van der Waals surface area contributed by atoms with Crippen LogP contribution in [0.2, 0.25) is 0 Å². The number of benzene rings is 2. The molecule has 136 valence electrons. The first-order chi connectivity index (χ1) is 12.5. The zero-order valence-corrected chi connectivity index (χ0v) is 14.8. The van der Waals surface area contributed by atoms with Crippen LogP contribution in [0, 0.1) is 0 Å². The lowest BCUT2D eigenvalue weighted by atomic mass is 10.1. The van der Waals surface area contributed by atoms with E-state index in [1.54, 1.807) is 68.6 Å². The van der Waals surface area contributed by atoms with Gasteiger partial charge in [-0.05, 0) is 43.3 Å². The Labute approximate surface area is 152 Å². The van der Waals surface area contributed by atoms with Gasteiger partial charge in [0.15, 0.2) is 6.10 Å². The molecule has 0 aliphatic carbocycles. The highest BCUT2D eigenvalue weighted by molar-refractivity contribution is 6.04. The third kappa shape index (κ3) is 5.11. The number of carbonyl (C=O) groups excluding carboxylic acids is 2. The lowest BCUT2D eigenvalue weighted by Crippen LogP contribution is -2.31. The van der Waals surface area contributed by atoms with Crippen LogP contribution < -0.4 is 20.1 Å². The number of para-hydroxylation sites is 1. The third-order valence-corrected chi connectivity index (χ3v) is 3.58. The van der Waals surface area contributed by atoms with Crippen LogP contribution in [-0.4, -0.2) is 31.6 Å². The molecule has 0 aliphatic rings. The van der Waals surface area contributed by atoms with Crippen molar-refractivity contribution in [2.45, 2.75) is 13.0 Å². The van der Waals surface area contributed by atoms with Crippen molar-refractivity contribution >= 4 is 17.5 Å². The van der Waals surface area contributed by atoms with E-state index >= 15 is 0 Å². The second kappa shape index (κ2) is 9.27. The fraction of sp³-hybridized carbons (Fsp3) is 0.200. The number of ether oxygens (including phenoxy) is 2. The average Bonchev–Trinajstić information content (AvgIpc) is 2.67. The number of rotatable bonds is 8. The summed E-state index contributed by atoms with van der Waals surface area (Å²) in [5, 5.41) is 5.43. The molecule has 2 aromatic carbocycles. The summed E-state index contributed by atoms with van der Waals surface area (Å²) in [4.78, 5) is 24.6. The van der Waals surface area contributed by atoms with Crippen LogP contribution in [0.5, 0.6) is 11.5 Å². The smallest absolute Gasteiger partial charge is 0.265 e. The van der Waals surface area contributed by atoms with Crippen molar-refractivity contribution in [2.75, 3.05) is 19.0 Å². The molecule has 0 saturated carbocycles. The lowest BCUT2D eigenvalue weighted by Gasteiger charge is -2.16. The van der Waals surface area contributed by atoms with E-state index in [0.29, 0.717) is 29.3 Å². The van der Waals surface area contributed by atoms with Gasteiger partial charge in [0.1, 0.15) is 11.5 Å². The molecule has 6 heteroatoms. The lowest BCUT2D eigenvalue weighted by molar-refractivity contribution is -0.122. The number of methoxy groups -OCH3 is 1. The fourth-order valence-corrected chi connectivity index (χ4v) is 2.20. The van der Waals surface area contributed by atoms with Gasteiger partial charge >= 0.3 is 0 Å². The van der Waals surface area contributed by atoms with Crippen molar-refractivity contribution in [1.82, 2.24) is 5.32 Å². The highest BCUT2D eigenvalue weighted by Gasteiger charge is 2.18. The Morgan fingerprint density at radius 1 is 1.12 bits per heavy atom. The maximum Gasteiger partial charge on any atom is 0.265 e. The van der Waals surface area contributed by atoms with Gasteiger partial charge in [-0.1, -0.05) is 18.2 Å². The zero-order chi connectivity index (χ0) is 18.9. The number of hydrogen-bond donors (Lipinski definition) is 2. The quantitative estimate of drug-likeness (QED) is 0.715. The first-order valence-corrected chi connectivity index (χ1v) is 8.15. The molecular formula is C20H22N2O4. The maximum atomic E-state index is 12.4. The van der Waals surface area contributed by atoms with Gasteiger partial charge < -0.3 is 20.1 Å². The molecule has 2 rings (SSSR count). The molecule has 0 heterocycles. The van der Waals surface area contributed by atoms with Crippen LogP contribution in [-0.2, 0) is 4.79 Å². The van der Waals surface area contributed by atoms with Gasteiger partial charge in [-0.15, -0.1) is 6.58 Å². The van der Waals surface area contributed by atoms with Crippen LogP contribution in [0.3, 0.4) is 0 Å². The molecule has 2 aromatic rings. The van der Waals surface area contributed by atoms with E-state index in [0.717, 1.165) is 0 Å². The van der Waals surface area contributed by atoms with Crippen molar-refractivity contribution in [3.8, 4) is 11.5 Å². The standard InChI is InChI=1S/C20H22N2O4/c1-4-13-21-20(24)17-7-5-6-8-18(17)22-19(23)14(2)26-16-11-9-15(25-3)10-12-16/h4-12,14H,1,13H2,2-3H3,(H,21,24)(H,22,23). The summed E-state index contributed by atoms with van der Waals surface area (Å²) in [6.07, 6.45) is 0.844. The molecule has 0 aliphatic heterocycles. The molecular weight excluding hydrogens is 332 g/mol. The first kappa shape index (κ1) is 19.1. The minimum Gasteiger partial charge on any atom is -0.497 e. The third-order valence-electron chi connectivity index (χ3n) is 3.58. The maximum absolute atomic E-state index is 12.4. The van der Waals surface area contributed by atoms with Crippen LogP contribution in [0.25, 0.3) is 0 Å². The minimum atomic E-state index is -0.743. The van der Waals surface area contributed by atoms with Gasteiger partial charge in [0.25, 0.3) is 11.8 Å². The largest absolute Gasteiger partial charge is 0.497 e. The molecule has 2 amide bonds. The Bertz CT molecular complexity index is 772. The van der Waals surface area contributed by atoms with E-state index in [9.17, 15) is 9.59 Å². The van der Waals surface area contributed by atoms with Crippen molar-refractivity contribution in [3.05, 3.63) is 66.7 Å². The van der Waals surface area contributed by atoms with E-state index < -0.39 is 6.10 Å². The molecule has 0 aromatic heterocycles. The molecule has 0 bridgehead atoms. The van der Waals surface area contributed by atoms with Gasteiger partial charge in [-0.2, -0.15) is 0 Å². The number of anilines is 1. The normalized spacial score (nSPS) is 11.2. The monoisotopic (exact) mass is 354 g/mol. The highest BCUT2D eigenvalue weighted by atomic mass is 16.5. The Morgan fingerprint density at radius 3 is 2.42 bits per heavy atom. The van der Waals surface area contributed by atoms with Gasteiger partial charge in [0.05, 0.1) is 18.4 Å². The van der Waals surface area contributed by atoms with E-state index in [2.05, 4.69) is 17.2 Å². The van der Waals surface area contributed by atoms with E-state index in [1.807, 2.05) is 0 Å². The summed E-state index contributed by atoms with van der Waals surface area (Å²) in [7, 11) is 1.58. The number of carbonyl (C=O) groups is 2. The SMILES string of the molecule is C=CCNC(=O)c1ccccc1NC(=O)C(C)Oc1ccc(OC)cc1. The molecule has 0 radical (unpaired) electrons. The number of amides is 2. The molecule has 0 fully saturated rings. The van der Waals surface area contributed by atoms with Crippen LogP contribution in [0.4, 0.5) is 5.69 Å². The molecule has 6 nitrogen and oxygen atoms in total. The Balaban J connectivity index is 2.04. The number of nitrogens with one attached hydrogen (secondary N) is 2. The predicted molar refractivity (Wildman–Crippen MR) is 101 cm³/mol. The highest BCUT2D eigenvalue weighted by Crippen LogP contribution is 2.19. The van der Waals surface area contributed by atoms with Gasteiger partial charge in [-0.3, -0.25) is 9.59 Å². The molecule has 1 atom stereocenters. The second-order valence-corrected chi connectivity index (χ2v) is 5.47. The van der Waals surface area contributed by atoms with Crippen molar-refractivity contribution in [3.63, 3.8) is 0 Å². The van der Waals surface area contributed by atoms with Crippen molar-refractivity contribution in [1.29, 1.82) is 0 Å². The molecule has 1 unspecified atom stereocenters. The summed E-state index contributed by atoms with van der Waals surface area (Å²) >= 11 is 0. The Morgan fingerprint density at radius 2 is 1.77 bits per heavy atom. The van der Waals surface area contributed by atoms with Crippen LogP contribution in [0.15, 0.2) is 61.2 Å². The van der Waals surface area contributed by atoms with Crippen LogP contribution >= 0.6 is 0 Å². The molecule has 2 N–H and O–H groups in total. The molecule has 0 spiro atoms. The second-order valence-electron chi connectivity index (χ2n) is 5.47. The topological polar surface area (TPSA) is 76.7 Å². The molecule has 0 saturated heterocycles. The van der Waals surface area contributed by atoms with Gasteiger partial charge in [-0.25, -0.2) is 0 Å². The first-order valence-electron chi connectivity index (χ1n) is 8.15. The van der Waals surface area contributed by atoms with E-state index in [-0.39, 0.29) is 11.8 Å². The molecule has 26 heavy (non-hydrogen) atoms. The van der Waals surface area contributed by atoms with E-state index in [1.165, 1.54) is 0 Å². The average molecular weight is 354 g/mol. The summed E-state index contributed by atoms with van der Waals surface area (Å²) in [5.41, 5.74) is 0.795. The van der Waals surface area contributed by atoms with E-state index in [4.69, 9.17) is 9.47 Å². The van der Waals surface area contributed by atoms with Crippen molar-refractivity contribution < 1.29 is 19.1 Å². The summed E-state index contributed by atoms with van der Waals surface area (Å²) in [5.74, 6) is 0.605. The van der Waals surface area contributed by atoms with Gasteiger partial charge in [0.2, 0.25) is 0 Å².